The molecule has 0 aliphatic carbocycles. The number of likely N-dealkylation sites (tertiary alicyclic amines) is 1. The number of ether oxygens (including phenoxy) is 1. The first-order valence-corrected chi connectivity index (χ1v) is 10.3. The van der Waals surface area contributed by atoms with E-state index >= 15 is 0 Å². The van der Waals surface area contributed by atoms with Gasteiger partial charge in [-0.05, 0) is 50.3 Å². The largest absolute Gasteiger partial charge is 0.452 e. The normalized spacial score (nSPS) is 15.9. The van der Waals surface area contributed by atoms with Crippen molar-refractivity contribution in [1.82, 2.24) is 4.90 Å². The molecule has 1 fully saturated rings. The Morgan fingerprint density at radius 2 is 2.07 bits per heavy atom. The van der Waals surface area contributed by atoms with E-state index in [0.29, 0.717) is 21.5 Å². The molecule has 8 heteroatoms. The summed E-state index contributed by atoms with van der Waals surface area (Å²) in [7, 11) is 0. The Labute approximate surface area is 169 Å². The quantitative estimate of drug-likeness (QED) is 0.587. The summed E-state index contributed by atoms with van der Waals surface area (Å²) in [4.78, 5) is 26.2. The highest BCUT2D eigenvalue weighted by Gasteiger charge is 2.21. The minimum Gasteiger partial charge on any atom is -0.452 e. The van der Waals surface area contributed by atoms with Crippen molar-refractivity contribution in [3.63, 3.8) is 0 Å². The smallest absolute Gasteiger partial charge is 0.317 e. The molecule has 0 saturated carbocycles. The zero-order valence-corrected chi connectivity index (χ0v) is 17.4. The maximum absolute atomic E-state index is 13.5. The molecule has 1 aliphatic heterocycles. The molecule has 1 aliphatic rings. The number of nitrogens with zero attached hydrogens (tertiary/aromatic N) is 1. The summed E-state index contributed by atoms with van der Waals surface area (Å²) in [5, 5.41) is 2.54. The minimum atomic E-state index is -0.980. The molecule has 0 unspecified atom stereocenters. The van der Waals surface area contributed by atoms with Crippen LogP contribution in [-0.2, 0) is 14.3 Å². The predicted octanol–water partition coefficient (Wildman–Crippen LogP) is 3.75. The van der Waals surface area contributed by atoms with Crippen molar-refractivity contribution in [2.24, 2.45) is 5.92 Å². The topological polar surface area (TPSA) is 58.6 Å². The molecule has 1 atom stereocenters. The molecule has 1 aromatic rings. The van der Waals surface area contributed by atoms with Crippen LogP contribution in [0.4, 0.5) is 10.1 Å². The summed E-state index contributed by atoms with van der Waals surface area (Å²) in [6.07, 6.45) is 1.22. The molecule has 1 saturated heterocycles. The first kappa shape index (κ1) is 21.6. The number of amides is 1. The van der Waals surface area contributed by atoms with Gasteiger partial charge in [-0.25, -0.2) is 4.39 Å². The van der Waals surface area contributed by atoms with Crippen LogP contribution < -0.4 is 5.32 Å². The van der Waals surface area contributed by atoms with Gasteiger partial charge in [0.25, 0.3) is 5.91 Å². The highest BCUT2D eigenvalue weighted by Crippen LogP contribution is 2.20. The molecule has 0 radical (unpaired) electrons. The van der Waals surface area contributed by atoms with Crippen molar-refractivity contribution in [3.8, 4) is 0 Å². The number of piperidine rings is 1. The van der Waals surface area contributed by atoms with Gasteiger partial charge in [0.1, 0.15) is 10.1 Å². The molecule has 0 aromatic heterocycles. The third-order valence-corrected chi connectivity index (χ3v) is 5.97. The van der Waals surface area contributed by atoms with Gasteiger partial charge in [0, 0.05) is 18.8 Å². The van der Waals surface area contributed by atoms with Crippen LogP contribution in [0, 0.1) is 18.7 Å². The van der Waals surface area contributed by atoms with E-state index in [2.05, 4.69) is 17.1 Å². The molecule has 0 bridgehead atoms. The number of hydrogen-bond donors (Lipinski definition) is 1. The number of carbonyl (C=O) groups excluding carboxylic acids is 2. The summed E-state index contributed by atoms with van der Waals surface area (Å²) in [5.41, 5.74) is 0.810. The van der Waals surface area contributed by atoms with Crippen LogP contribution >= 0.6 is 24.0 Å². The fourth-order valence-electron chi connectivity index (χ4n) is 2.60. The summed E-state index contributed by atoms with van der Waals surface area (Å²) in [5.74, 6) is -0.661. The van der Waals surface area contributed by atoms with Crippen LogP contribution in [0.2, 0.25) is 0 Å². The Morgan fingerprint density at radius 1 is 1.41 bits per heavy atom. The number of thioether (sulfide) groups is 1. The van der Waals surface area contributed by atoms with Gasteiger partial charge in [-0.3, -0.25) is 9.59 Å². The van der Waals surface area contributed by atoms with Crippen LogP contribution in [0.15, 0.2) is 18.2 Å². The lowest BCUT2D eigenvalue weighted by Crippen LogP contribution is -2.36. The van der Waals surface area contributed by atoms with Crippen molar-refractivity contribution in [2.75, 3.05) is 24.2 Å². The lowest BCUT2D eigenvalue weighted by atomic mass is 10.00. The SMILES string of the molecule is Cc1ccc(NC(=O)[C@H](C)OC(=O)CSC(=S)N2CCC(C)CC2)cc1F. The van der Waals surface area contributed by atoms with Gasteiger partial charge >= 0.3 is 5.97 Å². The molecule has 2 rings (SSSR count). The maximum Gasteiger partial charge on any atom is 0.317 e. The Morgan fingerprint density at radius 3 is 2.70 bits per heavy atom. The molecule has 27 heavy (non-hydrogen) atoms. The van der Waals surface area contributed by atoms with E-state index in [1.54, 1.807) is 19.1 Å². The maximum atomic E-state index is 13.5. The number of hydrogen-bond acceptors (Lipinski definition) is 5. The van der Waals surface area contributed by atoms with Gasteiger partial charge in [0.2, 0.25) is 0 Å². The molecule has 5 nitrogen and oxygen atoms in total. The first-order chi connectivity index (χ1) is 12.8. The standard InChI is InChI=1S/C19H25FN2O3S2/c1-12-6-8-22(9-7-12)19(26)27-11-17(23)25-14(3)18(24)21-15-5-4-13(2)16(20)10-15/h4-5,10,12,14H,6-9,11H2,1-3H3,(H,21,24)/t14-/m0/s1. The Balaban J connectivity index is 1.74. The Bertz CT molecular complexity index is 706. The zero-order chi connectivity index (χ0) is 20.0. The third-order valence-electron chi connectivity index (χ3n) is 4.47. The molecule has 1 heterocycles. The number of thiocarbonyl (C=S) groups is 1. The van der Waals surface area contributed by atoms with E-state index < -0.39 is 23.8 Å². The van der Waals surface area contributed by atoms with Crippen LogP contribution in [0.1, 0.15) is 32.3 Å². The van der Waals surface area contributed by atoms with Gasteiger partial charge in [-0.1, -0.05) is 37.0 Å². The van der Waals surface area contributed by atoms with E-state index in [4.69, 9.17) is 17.0 Å². The second-order valence-corrected chi connectivity index (χ2v) is 8.42. The second kappa shape index (κ2) is 10.0. The van der Waals surface area contributed by atoms with Crippen LogP contribution in [0.25, 0.3) is 0 Å². The lowest BCUT2D eigenvalue weighted by Gasteiger charge is -2.31. The number of rotatable bonds is 5. The number of benzene rings is 1. The first-order valence-electron chi connectivity index (χ1n) is 8.94. The van der Waals surface area contributed by atoms with Crippen molar-refractivity contribution < 1.29 is 18.7 Å². The minimum absolute atomic E-state index is 0.0572. The van der Waals surface area contributed by atoms with Gasteiger partial charge < -0.3 is 15.0 Å². The number of aryl methyl sites for hydroxylation is 1. The third kappa shape index (κ3) is 6.77. The van der Waals surface area contributed by atoms with E-state index in [9.17, 15) is 14.0 Å². The summed E-state index contributed by atoms with van der Waals surface area (Å²) in [6, 6.07) is 4.40. The average Bonchev–Trinajstić information content (AvgIpc) is 2.63. The van der Waals surface area contributed by atoms with Crippen molar-refractivity contribution >= 4 is 45.9 Å². The van der Waals surface area contributed by atoms with Crippen molar-refractivity contribution in [2.45, 2.75) is 39.7 Å². The van der Waals surface area contributed by atoms with Crippen LogP contribution in [0.5, 0.6) is 0 Å². The van der Waals surface area contributed by atoms with Gasteiger partial charge in [0.15, 0.2) is 6.10 Å². The van der Waals surface area contributed by atoms with E-state index in [1.165, 1.54) is 24.8 Å². The molecule has 1 N–H and O–H groups in total. The molecular formula is C19H25FN2O3S2. The average molecular weight is 413 g/mol. The van der Waals surface area contributed by atoms with Crippen LogP contribution in [0.3, 0.4) is 0 Å². The van der Waals surface area contributed by atoms with Gasteiger partial charge in [-0.2, -0.15) is 0 Å². The fraction of sp³-hybridized carbons (Fsp3) is 0.526. The molecule has 1 aromatic carbocycles. The van der Waals surface area contributed by atoms with Crippen LogP contribution in [-0.4, -0.2) is 46.0 Å². The number of nitrogens with one attached hydrogen (secondary N) is 1. The van der Waals surface area contributed by atoms with E-state index in [0.717, 1.165) is 25.9 Å². The number of anilines is 1. The molecule has 1 amide bonds. The Hall–Kier alpha value is -1.67. The zero-order valence-electron chi connectivity index (χ0n) is 15.8. The molecule has 148 valence electrons. The van der Waals surface area contributed by atoms with E-state index in [1.807, 2.05) is 0 Å². The highest BCUT2D eigenvalue weighted by molar-refractivity contribution is 8.23. The van der Waals surface area contributed by atoms with E-state index in [-0.39, 0.29) is 5.75 Å². The van der Waals surface area contributed by atoms with Gasteiger partial charge in [-0.15, -0.1) is 0 Å². The summed E-state index contributed by atoms with van der Waals surface area (Å²) < 4.78 is 19.4. The summed E-state index contributed by atoms with van der Waals surface area (Å²) >= 11 is 6.63. The number of esters is 1. The number of carbonyl (C=O) groups is 2. The number of halogens is 1. The lowest BCUT2D eigenvalue weighted by molar-refractivity contribution is -0.150. The predicted molar refractivity (Wildman–Crippen MR) is 110 cm³/mol. The Kier molecular flexibility index (Phi) is 8.04. The molecular weight excluding hydrogens is 387 g/mol. The monoisotopic (exact) mass is 412 g/mol. The van der Waals surface area contributed by atoms with Crippen molar-refractivity contribution in [3.05, 3.63) is 29.6 Å². The van der Waals surface area contributed by atoms with Gasteiger partial charge in [0.05, 0.1) is 5.75 Å². The van der Waals surface area contributed by atoms with Crippen molar-refractivity contribution in [1.29, 1.82) is 0 Å². The second-order valence-electron chi connectivity index (χ2n) is 6.81. The molecule has 0 spiro atoms. The highest BCUT2D eigenvalue weighted by atomic mass is 32.2. The fourth-order valence-corrected chi connectivity index (χ4v) is 3.64. The summed E-state index contributed by atoms with van der Waals surface area (Å²) in [6.45, 7) is 7.16.